The van der Waals surface area contributed by atoms with E-state index in [-0.39, 0.29) is 11.8 Å². The molecule has 3 heterocycles. The van der Waals surface area contributed by atoms with E-state index in [0.29, 0.717) is 23.1 Å². The lowest BCUT2D eigenvalue weighted by atomic mass is 10.0. The van der Waals surface area contributed by atoms with E-state index >= 15 is 0 Å². The summed E-state index contributed by atoms with van der Waals surface area (Å²) in [5.74, 6) is 1.32. The van der Waals surface area contributed by atoms with Crippen LogP contribution in [-0.2, 0) is 13.0 Å². The fourth-order valence-electron chi connectivity index (χ4n) is 4.27. The molecule has 1 saturated heterocycles. The largest absolute Gasteiger partial charge is 0.497 e. The molecule has 1 N–H and O–H groups in total. The first-order valence-electron chi connectivity index (χ1n) is 10.4. The lowest BCUT2D eigenvalue weighted by Gasteiger charge is -2.31. The van der Waals surface area contributed by atoms with Crippen LogP contribution in [-0.4, -0.2) is 46.5 Å². The third-order valence-electron chi connectivity index (χ3n) is 5.82. The Labute approximate surface area is 171 Å². The van der Waals surface area contributed by atoms with Gasteiger partial charge in [-0.15, -0.1) is 0 Å². The molecule has 4 rings (SSSR count). The number of fused-ring (bicyclic) bond motifs is 1. The van der Waals surface area contributed by atoms with Crippen molar-refractivity contribution in [2.75, 3.05) is 25.5 Å². The van der Waals surface area contributed by atoms with E-state index in [1.807, 2.05) is 9.47 Å². The lowest BCUT2D eigenvalue weighted by Crippen LogP contribution is -2.40. The Morgan fingerprint density at radius 3 is 2.66 bits per heavy atom. The van der Waals surface area contributed by atoms with E-state index in [9.17, 15) is 9.59 Å². The van der Waals surface area contributed by atoms with Gasteiger partial charge in [-0.3, -0.25) is 9.59 Å². The molecule has 1 aromatic carbocycles. The van der Waals surface area contributed by atoms with Gasteiger partial charge < -0.3 is 19.5 Å². The second-order valence-corrected chi connectivity index (χ2v) is 8.02. The smallest absolute Gasteiger partial charge is 0.289 e. The maximum absolute atomic E-state index is 13.2. The van der Waals surface area contributed by atoms with Gasteiger partial charge in [0.2, 0.25) is 0 Å². The number of hydrogen-bond acceptors (Lipinski definition) is 4. The van der Waals surface area contributed by atoms with Crippen LogP contribution in [0.1, 0.15) is 59.4 Å². The highest BCUT2D eigenvalue weighted by molar-refractivity contribution is 6.05. The van der Waals surface area contributed by atoms with Gasteiger partial charge in [-0.05, 0) is 62.3 Å². The number of piperidine rings is 1. The monoisotopic (exact) mass is 396 g/mol. The molecule has 2 amide bonds. The van der Waals surface area contributed by atoms with Crippen molar-refractivity contribution in [1.82, 2.24) is 14.5 Å². The normalized spacial score (nSPS) is 18.8. The van der Waals surface area contributed by atoms with Gasteiger partial charge in [-0.1, -0.05) is 6.92 Å². The molecule has 1 atom stereocenters. The maximum Gasteiger partial charge on any atom is 0.289 e. The predicted molar refractivity (Wildman–Crippen MR) is 110 cm³/mol. The van der Waals surface area contributed by atoms with Crippen LogP contribution in [0, 0.1) is 5.92 Å². The van der Waals surface area contributed by atoms with Crippen LogP contribution in [0.3, 0.4) is 0 Å². The van der Waals surface area contributed by atoms with Gasteiger partial charge in [-0.2, -0.15) is 0 Å². The van der Waals surface area contributed by atoms with Crippen molar-refractivity contribution in [2.45, 2.75) is 45.6 Å². The summed E-state index contributed by atoms with van der Waals surface area (Å²) in [5.41, 5.74) is 1.91. The third-order valence-corrected chi connectivity index (χ3v) is 5.82. The maximum atomic E-state index is 13.2. The number of likely N-dealkylation sites (tertiary alicyclic amines) is 1. The Hall–Kier alpha value is -2.83. The van der Waals surface area contributed by atoms with Crippen molar-refractivity contribution in [3.63, 3.8) is 0 Å². The average molecular weight is 396 g/mol. The Bertz CT molecular complexity index is 904. The summed E-state index contributed by atoms with van der Waals surface area (Å²) in [6.07, 6.45) is 4.94. The summed E-state index contributed by atoms with van der Waals surface area (Å²) in [7, 11) is 1.60. The molecule has 0 saturated carbocycles. The Morgan fingerprint density at radius 2 is 1.93 bits per heavy atom. The van der Waals surface area contributed by atoms with E-state index in [1.165, 1.54) is 0 Å². The second kappa shape index (κ2) is 8.27. The lowest BCUT2D eigenvalue weighted by molar-refractivity contribution is 0.0664. The molecular formula is C22H28N4O3. The number of anilines is 1. The van der Waals surface area contributed by atoms with Gasteiger partial charge in [0.1, 0.15) is 5.75 Å². The van der Waals surface area contributed by atoms with Crippen LogP contribution in [0.5, 0.6) is 5.75 Å². The summed E-state index contributed by atoms with van der Waals surface area (Å²) in [4.78, 5) is 32.6. The highest BCUT2D eigenvalue weighted by atomic mass is 16.5. The summed E-state index contributed by atoms with van der Waals surface area (Å²) >= 11 is 0. The summed E-state index contributed by atoms with van der Waals surface area (Å²) < 4.78 is 7.12. The molecule has 0 aliphatic carbocycles. The average Bonchev–Trinajstić information content (AvgIpc) is 3.13. The molecule has 1 aromatic heterocycles. The number of aromatic nitrogens is 2. The van der Waals surface area contributed by atoms with Gasteiger partial charge >= 0.3 is 0 Å². The summed E-state index contributed by atoms with van der Waals surface area (Å²) in [6, 6.07) is 7.18. The number of benzene rings is 1. The predicted octanol–water partition coefficient (Wildman–Crippen LogP) is 3.35. The van der Waals surface area contributed by atoms with Gasteiger partial charge in [0.05, 0.1) is 12.8 Å². The number of nitrogens with zero attached hydrogens (tertiary/aromatic N) is 3. The van der Waals surface area contributed by atoms with Crippen LogP contribution >= 0.6 is 0 Å². The summed E-state index contributed by atoms with van der Waals surface area (Å²) in [5, 5.41) is 2.90. The Kier molecular flexibility index (Phi) is 5.56. The first-order valence-corrected chi connectivity index (χ1v) is 10.4. The number of ether oxygens (including phenoxy) is 1. The van der Waals surface area contributed by atoms with Gasteiger partial charge in [0.15, 0.2) is 11.5 Å². The molecule has 7 heteroatoms. The molecule has 0 spiro atoms. The number of amides is 2. The topological polar surface area (TPSA) is 76.5 Å². The number of imidazole rings is 1. The third kappa shape index (κ3) is 3.99. The van der Waals surface area contributed by atoms with Crippen LogP contribution in [0.25, 0.3) is 0 Å². The minimum absolute atomic E-state index is 0.0526. The van der Waals surface area contributed by atoms with Crippen LogP contribution in [0.4, 0.5) is 5.69 Å². The van der Waals surface area contributed by atoms with Gasteiger partial charge in [0.25, 0.3) is 11.8 Å². The van der Waals surface area contributed by atoms with E-state index < -0.39 is 0 Å². The Morgan fingerprint density at radius 1 is 1.14 bits per heavy atom. The van der Waals surface area contributed by atoms with Crippen molar-refractivity contribution < 1.29 is 14.3 Å². The second-order valence-electron chi connectivity index (χ2n) is 8.02. The van der Waals surface area contributed by atoms with Gasteiger partial charge in [-0.25, -0.2) is 4.98 Å². The van der Waals surface area contributed by atoms with E-state index in [0.717, 1.165) is 63.2 Å². The molecular weight excluding hydrogens is 368 g/mol. The quantitative estimate of drug-likeness (QED) is 0.860. The number of carbonyl (C=O) groups excluding carboxylic acids is 2. The molecule has 2 aromatic rings. The fourth-order valence-corrected chi connectivity index (χ4v) is 4.27. The highest BCUT2D eigenvalue weighted by Crippen LogP contribution is 2.25. The van der Waals surface area contributed by atoms with Crippen molar-refractivity contribution in [2.24, 2.45) is 5.92 Å². The number of carbonyl (C=O) groups is 2. The van der Waals surface area contributed by atoms with Crippen molar-refractivity contribution in [1.29, 1.82) is 0 Å². The zero-order valence-corrected chi connectivity index (χ0v) is 17.1. The Balaban J connectivity index is 1.60. The molecule has 2 aliphatic rings. The van der Waals surface area contributed by atoms with E-state index in [1.54, 1.807) is 31.4 Å². The number of hydrogen-bond donors (Lipinski definition) is 1. The highest BCUT2D eigenvalue weighted by Gasteiger charge is 2.31. The molecule has 0 bridgehead atoms. The molecule has 1 fully saturated rings. The summed E-state index contributed by atoms with van der Waals surface area (Å²) in [6.45, 7) is 4.43. The molecule has 7 nitrogen and oxygen atoms in total. The number of rotatable bonds is 4. The van der Waals surface area contributed by atoms with Crippen LogP contribution < -0.4 is 10.1 Å². The number of methoxy groups -OCH3 is 1. The van der Waals surface area contributed by atoms with Crippen LogP contribution in [0.2, 0.25) is 0 Å². The van der Waals surface area contributed by atoms with Crippen molar-refractivity contribution in [3.05, 3.63) is 41.5 Å². The number of nitrogens with one attached hydrogen (secondary N) is 1. The standard InChI is InChI=1S/C22H28N4O3/c1-15-6-5-12-25(14-15)22(28)20-24-19(18-7-3-4-13-26(18)20)21(27)23-16-8-10-17(29-2)11-9-16/h8-11,15H,3-7,12-14H2,1-2H3,(H,23,27). The first kappa shape index (κ1) is 19.5. The van der Waals surface area contributed by atoms with Crippen molar-refractivity contribution in [3.8, 4) is 5.75 Å². The molecule has 154 valence electrons. The fraction of sp³-hybridized carbons (Fsp3) is 0.500. The van der Waals surface area contributed by atoms with E-state index in [4.69, 9.17) is 4.74 Å². The molecule has 29 heavy (non-hydrogen) atoms. The molecule has 2 aliphatic heterocycles. The minimum atomic E-state index is -0.271. The van der Waals surface area contributed by atoms with E-state index in [2.05, 4.69) is 17.2 Å². The molecule has 0 radical (unpaired) electrons. The van der Waals surface area contributed by atoms with Crippen molar-refractivity contribution >= 4 is 17.5 Å². The minimum Gasteiger partial charge on any atom is -0.497 e. The molecule has 1 unspecified atom stereocenters. The SMILES string of the molecule is COc1ccc(NC(=O)c2nc(C(=O)N3CCCC(C)C3)n3c2CCCC3)cc1. The first-order chi connectivity index (χ1) is 14.1. The zero-order chi connectivity index (χ0) is 20.4. The van der Waals surface area contributed by atoms with Gasteiger partial charge in [0, 0.05) is 25.3 Å². The zero-order valence-electron chi connectivity index (χ0n) is 17.1. The van der Waals surface area contributed by atoms with Crippen LogP contribution in [0.15, 0.2) is 24.3 Å².